The Morgan fingerprint density at radius 1 is 0.921 bits per heavy atom. The number of carbonyl (C=O) groups is 2. The Morgan fingerprint density at radius 2 is 1.53 bits per heavy atom. The van der Waals surface area contributed by atoms with Crippen molar-refractivity contribution in [2.75, 3.05) is 12.3 Å². The van der Waals surface area contributed by atoms with Gasteiger partial charge in [-0.25, -0.2) is 14.5 Å². The molecule has 0 atom stereocenters. The Labute approximate surface area is 224 Å². The van der Waals surface area contributed by atoms with Crippen LogP contribution in [0, 0.1) is 0 Å². The number of rotatable bonds is 7. The molecule has 3 aromatic carbocycles. The summed E-state index contributed by atoms with van der Waals surface area (Å²) in [5.74, 6) is 1.13. The first-order chi connectivity index (χ1) is 18.1. The van der Waals surface area contributed by atoms with Crippen LogP contribution in [-0.2, 0) is 4.74 Å². The third kappa shape index (κ3) is 6.51. The largest absolute Gasteiger partial charge is 0.507 e. The first-order valence-corrected chi connectivity index (χ1v) is 12.9. The molecule has 0 radical (unpaired) electrons. The zero-order valence-corrected chi connectivity index (χ0v) is 22.0. The van der Waals surface area contributed by atoms with Crippen molar-refractivity contribution in [3.8, 4) is 40.0 Å². The summed E-state index contributed by atoms with van der Waals surface area (Å²) in [6, 6.07) is 20.4. The fraction of sp³-hybridized carbons (Fsp3) is 0.214. The van der Waals surface area contributed by atoms with E-state index in [-0.39, 0.29) is 22.4 Å². The number of ether oxygens (including phenoxy) is 1. The Balaban J connectivity index is 1.52. The van der Waals surface area contributed by atoms with Crippen molar-refractivity contribution in [1.82, 2.24) is 20.1 Å². The van der Waals surface area contributed by atoms with E-state index in [9.17, 15) is 19.8 Å². The molecule has 4 aromatic rings. The molecule has 4 rings (SSSR count). The summed E-state index contributed by atoms with van der Waals surface area (Å²) >= 11 is 1.09. The predicted octanol–water partition coefficient (Wildman–Crippen LogP) is 5.41. The second-order valence-electron chi connectivity index (χ2n) is 9.32. The number of phenols is 2. The molecular formula is C28H28N4O5S. The van der Waals surface area contributed by atoms with Crippen LogP contribution in [0.4, 0.5) is 4.79 Å². The van der Waals surface area contributed by atoms with Gasteiger partial charge in [-0.3, -0.25) is 4.79 Å². The number of aromatic nitrogens is 3. The molecule has 0 aliphatic rings. The van der Waals surface area contributed by atoms with Crippen molar-refractivity contribution in [3.63, 3.8) is 0 Å². The van der Waals surface area contributed by atoms with Crippen molar-refractivity contribution in [3.05, 3.63) is 78.4 Å². The van der Waals surface area contributed by atoms with Crippen molar-refractivity contribution in [2.45, 2.75) is 26.4 Å². The van der Waals surface area contributed by atoms with Gasteiger partial charge in [-0.1, -0.05) is 36.0 Å². The van der Waals surface area contributed by atoms with E-state index in [1.54, 1.807) is 98.2 Å². The van der Waals surface area contributed by atoms with E-state index in [1.165, 1.54) is 0 Å². The smallest absolute Gasteiger partial charge is 0.407 e. The topological polar surface area (TPSA) is 127 Å². The van der Waals surface area contributed by atoms with Crippen molar-refractivity contribution in [2.24, 2.45) is 0 Å². The number of phenolic OH excluding ortho intramolecular Hbond substituents is 2. The van der Waals surface area contributed by atoms with Crippen molar-refractivity contribution < 1.29 is 24.5 Å². The van der Waals surface area contributed by atoms with E-state index >= 15 is 0 Å². The number of amides is 1. The summed E-state index contributed by atoms with van der Waals surface area (Å²) < 4.78 is 6.74. The van der Waals surface area contributed by atoms with Crippen LogP contribution in [0.25, 0.3) is 28.5 Å². The minimum Gasteiger partial charge on any atom is -0.507 e. The zero-order chi connectivity index (χ0) is 27.3. The standard InChI is InChI=1S/C28H28N4O5S/c1-28(2,3)37-27(36)29-16-17-38-26(35)18-12-14-19(15-13-18)32-25(21-9-5-7-11-23(21)34)30-24(31-32)20-8-4-6-10-22(20)33/h4-15,33-34H,16-17H2,1-3H3,(H,29,36). The molecule has 1 amide bonds. The fourth-order valence-electron chi connectivity index (χ4n) is 3.54. The predicted molar refractivity (Wildman–Crippen MR) is 147 cm³/mol. The lowest BCUT2D eigenvalue weighted by Crippen LogP contribution is -2.33. The molecule has 0 bridgehead atoms. The van der Waals surface area contributed by atoms with E-state index < -0.39 is 11.7 Å². The highest BCUT2D eigenvalue weighted by Crippen LogP contribution is 2.33. The van der Waals surface area contributed by atoms with Gasteiger partial charge in [0.25, 0.3) is 0 Å². The molecule has 0 saturated heterocycles. The summed E-state index contributed by atoms with van der Waals surface area (Å²) in [4.78, 5) is 29.0. The van der Waals surface area contributed by atoms with Gasteiger partial charge in [-0.15, -0.1) is 5.10 Å². The van der Waals surface area contributed by atoms with Crippen LogP contribution < -0.4 is 5.32 Å². The van der Waals surface area contributed by atoms with Gasteiger partial charge in [0.15, 0.2) is 11.6 Å². The van der Waals surface area contributed by atoms with E-state index in [2.05, 4.69) is 15.4 Å². The van der Waals surface area contributed by atoms with Crippen molar-refractivity contribution >= 4 is 23.0 Å². The minimum absolute atomic E-state index is 0.0348. The number of nitrogens with zero attached hydrogens (tertiary/aromatic N) is 3. The quantitative estimate of drug-likeness (QED) is 0.270. The number of benzene rings is 3. The Bertz CT molecular complexity index is 1440. The van der Waals surface area contributed by atoms with E-state index in [4.69, 9.17) is 4.74 Å². The maximum Gasteiger partial charge on any atom is 0.407 e. The lowest BCUT2D eigenvalue weighted by molar-refractivity contribution is 0.0531. The molecule has 0 aliphatic carbocycles. The Hall–Kier alpha value is -4.31. The molecule has 0 fully saturated rings. The SMILES string of the molecule is CC(C)(C)OC(=O)NCCSC(=O)c1ccc(-n2nc(-c3ccccc3O)nc2-c2ccccc2O)cc1. The second kappa shape index (κ2) is 11.4. The Kier molecular flexibility index (Phi) is 8.02. The normalized spacial score (nSPS) is 11.2. The van der Waals surface area contributed by atoms with E-state index in [0.29, 0.717) is 40.5 Å². The number of carbonyl (C=O) groups excluding carboxylic acids is 2. The zero-order valence-electron chi connectivity index (χ0n) is 21.2. The lowest BCUT2D eigenvalue weighted by atomic mass is 10.1. The lowest BCUT2D eigenvalue weighted by Gasteiger charge is -2.19. The molecule has 0 saturated carbocycles. The van der Waals surface area contributed by atoms with E-state index in [0.717, 1.165) is 11.8 Å². The van der Waals surface area contributed by atoms with Crippen LogP contribution in [0.15, 0.2) is 72.8 Å². The third-order valence-electron chi connectivity index (χ3n) is 5.25. The summed E-state index contributed by atoms with van der Waals surface area (Å²) in [6.45, 7) is 5.64. The van der Waals surface area contributed by atoms with Gasteiger partial charge >= 0.3 is 6.09 Å². The van der Waals surface area contributed by atoms with Crippen molar-refractivity contribution in [1.29, 1.82) is 0 Å². The minimum atomic E-state index is -0.583. The van der Waals surface area contributed by atoms with Gasteiger partial charge in [0.05, 0.1) is 16.8 Å². The first kappa shape index (κ1) is 26.7. The van der Waals surface area contributed by atoms with Gasteiger partial charge < -0.3 is 20.3 Å². The highest BCUT2D eigenvalue weighted by Gasteiger charge is 2.20. The van der Waals surface area contributed by atoms with Crippen LogP contribution in [0.5, 0.6) is 11.5 Å². The number of hydrogen-bond donors (Lipinski definition) is 3. The van der Waals surface area contributed by atoms with Gasteiger partial charge in [0, 0.05) is 17.9 Å². The van der Waals surface area contributed by atoms with Gasteiger partial charge in [0.1, 0.15) is 17.1 Å². The molecule has 9 nitrogen and oxygen atoms in total. The third-order valence-corrected chi connectivity index (χ3v) is 6.15. The number of para-hydroxylation sites is 2. The summed E-state index contributed by atoms with van der Waals surface area (Å²) in [6.07, 6.45) is -0.522. The van der Waals surface area contributed by atoms with Crippen LogP contribution >= 0.6 is 11.8 Å². The summed E-state index contributed by atoms with van der Waals surface area (Å²) in [5.41, 5.74) is 1.44. The monoisotopic (exact) mass is 532 g/mol. The molecule has 1 aromatic heterocycles. The number of nitrogens with one attached hydrogen (secondary N) is 1. The number of alkyl carbamates (subject to hydrolysis) is 1. The van der Waals surface area contributed by atoms with Crippen LogP contribution in [0.1, 0.15) is 31.1 Å². The highest BCUT2D eigenvalue weighted by molar-refractivity contribution is 8.14. The molecular weight excluding hydrogens is 504 g/mol. The number of thioether (sulfide) groups is 1. The molecule has 38 heavy (non-hydrogen) atoms. The molecule has 0 aliphatic heterocycles. The highest BCUT2D eigenvalue weighted by atomic mass is 32.2. The van der Waals surface area contributed by atoms with Gasteiger partial charge in [0.2, 0.25) is 5.12 Å². The first-order valence-electron chi connectivity index (χ1n) is 11.9. The summed E-state index contributed by atoms with van der Waals surface area (Å²) in [5, 5.41) is 27.9. The molecule has 0 spiro atoms. The number of hydrogen-bond acceptors (Lipinski definition) is 8. The maximum atomic E-state index is 12.6. The van der Waals surface area contributed by atoms with Crippen LogP contribution in [0.3, 0.4) is 0 Å². The van der Waals surface area contributed by atoms with E-state index in [1.807, 2.05) is 0 Å². The van der Waals surface area contributed by atoms with Gasteiger partial charge in [-0.2, -0.15) is 0 Å². The summed E-state index contributed by atoms with van der Waals surface area (Å²) in [7, 11) is 0. The second-order valence-corrected chi connectivity index (χ2v) is 10.4. The molecule has 0 unspecified atom stereocenters. The van der Waals surface area contributed by atoms with Gasteiger partial charge in [-0.05, 0) is 69.3 Å². The number of aromatic hydroxyl groups is 2. The maximum absolute atomic E-state index is 12.6. The average molecular weight is 533 g/mol. The molecule has 1 heterocycles. The fourth-order valence-corrected chi connectivity index (χ4v) is 4.23. The average Bonchev–Trinajstić information content (AvgIpc) is 3.31. The Morgan fingerprint density at radius 3 is 2.13 bits per heavy atom. The molecule has 3 N–H and O–H groups in total. The molecule has 196 valence electrons. The molecule has 10 heteroatoms. The van der Waals surface area contributed by atoms with Crippen LogP contribution in [0.2, 0.25) is 0 Å². The van der Waals surface area contributed by atoms with Crippen LogP contribution in [-0.4, -0.2) is 54.1 Å².